The van der Waals surface area contributed by atoms with Crippen molar-refractivity contribution in [2.24, 2.45) is 5.92 Å². The molecule has 0 saturated carbocycles. The summed E-state index contributed by atoms with van der Waals surface area (Å²) in [6.45, 7) is 5.90. The molecule has 2 aromatic carbocycles. The van der Waals surface area contributed by atoms with E-state index in [1.807, 2.05) is 25.8 Å². The number of ether oxygens (including phenoxy) is 1. The Kier molecular flexibility index (Phi) is 10.8. The van der Waals surface area contributed by atoms with Crippen molar-refractivity contribution in [2.75, 3.05) is 44.7 Å². The fourth-order valence-corrected chi connectivity index (χ4v) is 7.23. The summed E-state index contributed by atoms with van der Waals surface area (Å²) in [5.41, 5.74) is 0.192. The molecule has 0 spiro atoms. The summed E-state index contributed by atoms with van der Waals surface area (Å²) >= 11 is 6.41. The number of benzene rings is 2. The van der Waals surface area contributed by atoms with Gasteiger partial charge in [0.15, 0.2) is 11.6 Å². The van der Waals surface area contributed by atoms with Crippen LogP contribution < -0.4 is 15.0 Å². The minimum absolute atomic E-state index is 0.0502. The molecule has 7 rings (SSSR count). The van der Waals surface area contributed by atoms with Gasteiger partial charge in [-0.25, -0.2) is 13.2 Å². The molecular formula is C38H40ClF3N8O3. The molecular weight excluding hydrogens is 709 g/mol. The molecule has 0 bridgehead atoms. The van der Waals surface area contributed by atoms with Crippen molar-refractivity contribution in [3.63, 3.8) is 0 Å². The molecule has 5 aromatic rings. The predicted molar refractivity (Wildman–Crippen MR) is 197 cm³/mol. The Labute approximate surface area is 309 Å². The molecule has 2 fully saturated rings. The average molecular weight is 749 g/mol. The number of pyridine rings is 1. The van der Waals surface area contributed by atoms with Crippen molar-refractivity contribution in [1.29, 1.82) is 0 Å². The van der Waals surface area contributed by atoms with E-state index in [0.29, 0.717) is 65.8 Å². The van der Waals surface area contributed by atoms with Gasteiger partial charge in [0.1, 0.15) is 29.0 Å². The summed E-state index contributed by atoms with van der Waals surface area (Å²) in [6, 6.07) is 7.70. The van der Waals surface area contributed by atoms with Gasteiger partial charge in [0.25, 0.3) is 5.89 Å². The second-order valence-electron chi connectivity index (χ2n) is 14.0. The number of likely N-dealkylation sites (N-methyl/N-ethyl adjacent to an activating group) is 1. The van der Waals surface area contributed by atoms with Crippen LogP contribution >= 0.6 is 11.6 Å². The molecule has 0 aliphatic carbocycles. The smallest absolute Gasteiger partial charge is 0.319 e. The van der Waals surface area contributed by atoms with Crippen LogP contribution in [0, 0.1) is 17.6 Å². The summed E-state index contributed by atoms with van der Waals surface area (Å²) < 4.78 is 57.3. The molecule has 0 unspecified atom stereocenters. The Bertz CT molecular complexity index is 2160. The highest BCUT2D eigenvalue weighted by atomic mass is 35.5. The lowest BCUT2D eigenvalue weighted by molar-refractivity contribution is -0.124. The maximum atomic E-state index is 16.8. The van der Waals surface area contributed by atoms with Gasteiger partial charge in [-0.3, -0.25) is 9.78 Å². The number of aromatic nitrogens is 5. The molecule has 0 radical (unpaired) electrons. The van der Waals surface area contributed by atoms with Gasteiger partial charge >= 0.3 is 6.01 Å². The number of anilines is 1. The van der Waals surface area contributed by atoms with E-state index in [0.717, 1.165) is 12.8 Å². The number of nitrogens with one attached hydrogen (secondary N) is 1. The SMILES string of the molecule is CC(C)c1noc(/C=C/C(=O)N2CC[C@@H](N(C)c3nc(OC[C@@H]4CCCNC[C@H](F)C4)nc4c(F)c(-c5cccc6ccc(F)c(Cl)c56)ncc34)C2)n1. The van der Waals surface area contributed by atoms with Crippen molar-refractivity contribution in [3.05, 3.63) is 71.0 Å². The van der Waals surface area contributed by atoms with Crippen LogP contribution in [-0.2, 0) is 4.79 Å². The van der Waals surface area contributed by atoms with Crippen molar-refractivity contribution in [3.8, 4) is 17.3 Å². The second kappa shape index (κ2) is 15.7. The normalized spacial score (nSPS) is 19.7. The second-order valence-corrected chi connectivity index (χ2v) is 14.3. The summed E-state index contributed by atoms with van der Waals surface area (Å²) in [4.78, 5) is 34.8. The van der Waals surface area contributed by atoms with Gasteiger partial charge in [-0.15, -0.1) is 0 Å². The van der Waals surface area contributed by atoms with Gasteiger partial charge in [-0.2, -0.15) is 15.0 Å². The van der Waals surface area contributed by atoms with E-state index in [1.165, 1.54) is 24.4 Å². The zero-order valence-electron chi connectivity index (χ0n) is 29.7. The number of nitrogens with zero attached hydrogens (tertiary/aromatic N) is 7. The Morgan fingerprint density at radius 2 is 2.04 bits per heavy atom. The third-order valence-electron chi connectivity index (χ3n) is 9.90. The number of carbonyl (C=O) groups excluding carboxylic acids is 1. The molecule has 1 amide bonds. The first kappa shape index (κ1) is 36.5. The minimum atomic E-state index is -1.01. The Morgan fingerprint density at radius 3 is 2.85 bits per heavy atom. The molecule has 5 heterocycles. The number of halogens is 4. The van der Waals surface area contributed by atoms with Gasteiger partial charge < -0.3 is 24.4 Å². The quantitative estimate of drug-likeness (QED) is 0.156. The van der Waals surface area contributed by atoms with Crippen LogP contribution in [0.1, 0.15) is 57.2 Å². The van der Waals surface area contributed by atoms with Gasteiger partial charge in [0.2, 0.25) is 5.91 Å². The van der Waals surface area contributed by atoms with Crippen LogP contribution in [0.3, 0.4) is 0 Å². The molecule has 3 atom stereocenters. The van der Waals surface area contributed by atoms with Gasteiger partial charge in [-0.1, -0.05) is 54.9 Å². The van der Waals surface area contributed by atoms with Crippen molar-refractivity contribution >= 4 is 51.1 Å². The standard InChI is InChI=1S/C38H40ClF3N8O3/c1-21(2)36-45-29(53-48-36)11-12-30(51)50-15-13-25(19-50)49(3)37-27-18-44-34(26-8-4-7-23-9-10-28(41)32(39)31(23)26)33(42)35(27)46-38(47-37)52-20-22-6-5-14-43-17-24(40)16-22/h4,7-12,18,21-22,24-25,43H,5-6,13-17,19-20H2,1-3H3/b12-11+/t22-,24-,25-/m1/s1. The summed E-state index contributed by atoms with van der Waals surface area (Å²) in [7, 11) is 1.82. The van der Waals surface area contributed by atoms with E-state index in [2.05, 4.69) is 25.4 Å². The minimum Gasteiger partial charge on any atom is -0.463 e. The first-order chi connectivity index (χ1) is 25.6. The van der Waals surface area contributed by atoms with Crippen LogP contribution in [0.4, 0.5) is 19.0 Å². The summed E-state index contributed by atoms with van der Waals surface area (Å²) in [5.74, 6) is -0.433. The Hall–Kier alpha value is -4.82. The summed E-state index contributed by atoms with van der Waals surface area (Å²) in [5, 5.41) is 8.17. The molecule has 278 valence electrons. The van der Waals surface area contributed by atoms with E-state index in [1.54, 1.807) is 29.2 Å². The van der Waals surface area contributed by atoms with Crippen molar-refractivity contribution < 1.29 is 27.2 Å². The van der Waals surface area contributed by atoms with Crippen LogP contribution in [0.2, 0.25) is 5.02 Å². The van der Waals surface area contributed by atoms with Gasteiger partial charge in [0.05, 0.1) is 17.0 Å². The van der Waals surface area contributed by atoms with E-state index >= 15 is 4.39 Å². The Balaban J connectivity index is 1.21. The largest absolute Gasteiger partial charge is 0.463 e. The lowest BCUT2D eigenvalue weighted by Gasteiger charge is -2.27. The fraction of sp³-hybridized carbons (Fsp3) is 0.421. The number of carbonyl (C=O) groups is 1. The first-order valence-corrected chi connectivity index (χ1v) is 18.2. The summed E-state index contributed by atoms with van der Waals surface area (Å²) in [6.07, 6.45) is 5.93. The van der Waals surface area contributed by atoms with Crippen molar-refractivity contribution in [2.45, 2.75) is 57.7 Å². The molecule has 2 aliphatic rings. The predicted octanol–water partition coefficient (Wildman–Crippen LogP) is 7.14. The first-order valence-electron chi connectivity index (χ1n) is 17.8. The lowest BCUT2D eigenvalue weighted by atomic mass is 9.96. The lowest BCUT2D eigenvalue weighted by Crippen LogP contribution is -2.36. The highest BCUT2D eigenvalue weighted by Gasteiger charge is 2.31. The number of amides is 1. The number of alkyl halides is 1. The molecule has 2 saturated heterocycles. The van der Waals surface area contributed by atoms with Crippen LogP contribution in [0.25, 0.3) is 39.0 Å². The average Bonchev–Trinajstić information content (AvgIpc) is 3.84. The Morgan fingerprint density at radius 1 is 1.19 bits per heavy atom. The van der Waals surface area contributed by atoms with Gasteiger partial charge in [0, 0.05) is 67.9 Å². The number of hydrogen-bond acceptors (Lipinski definition) is 10. The third kappa shape index (κ3) is 7.79. The zero-order chi connectivity index (χ0) is 37.2. The zero-order valence-corrected chi connectivity index (χ0v) is 30.4. The van der Waals surface area contributed by atoms with E-state index in [9.17, 15) is 13.6 Å². The highest BCUT2D eigenvalue weighted by molar-refractivity contribution is 6.36. The molecule has 3 aromatic heterocycles. The number of rotatable bonds is 9. The molecule has 53 heavy (non-hydrogen) atoms. The third-order valence-corrected chi connectivity index (χ3v) is 10.3. The van der Waals surface area contributed by atoms with Gasteiger partial charge in [-0.05, 0) is 49.6 Å². The maximum Gasteiger partial charge on any atom is 0.319 e. The molecule has 1 N–H and O–H groups in total. The van der Waals surface area contributed by atoms with Crippen LogP contribution in [0.5, 0.6) is 6.01 Å². The fourth-order valence-electron chi connectivity index (χ4n) is 6.96. The molecule has 15 heteroatoms. The monoisotopic (exact) mass is 748 g/mol. The van der Waals surface area contributed by atoms with E-state index in [4.69, 9.17) is 25.8 Å². The number of fused-ring (bicyclic) bond motifs is 2. The van der Waals surface area contributed by atoms with E-state index < -0.39 is 17.8 Å². The topological polar surface area (TPSA) is 122 Å². The van der Waals surface area contributed by atoms with Crippen LogP contribution in [-0.4, -0.2) is 87.9 Å². The number of hydrogen-bond donors (Lipinski definition) is 1. The van der Waals surface area contributed by atoms with Crippen molar-refractivity contribution in [1.82, 2.24) is 35.3 Å². The maximum absolute atomic E-state index is 16.8. The van der Waals surface area contributed by atoms with E-state index in [-0.39, 0.29) is 65.1 Å². The molecule has 2 aliphatic heterocycles. The number of likely N-dealkylation sites (tertiary alicyclic amines) is 1. The highest BCUT2D eigenvalue weighted by Crippen LogP contribution is 2.38. The van der Waals surface area contributed by atoms with Crippen LogP contribution in [0.15, 0.2) is 47.1 Å². The molecule has 11 nitrogen and oxygen atoms in total.